The summed E-state index contributed by atoms with van der Waals surface area (Å²) in [6.45, 7) is 2.22. The number of benzene rings is 1. The summed E-state index contributed by atoms with van der Waals surface area (Å²) in [6, 6.07) is 9.65. The Morgan fingerprint density at radius 2 is 2.18 bits per heavy atom. The smallest absolute Gasteiger partial charge is 0.252 e. The highest BCUT2D eigenvalue weighted by molar-refractivity contribution is 7.99. The molecule has 7 heteroatoms. The largest absolute Gasteiger partial charge is 0.377 e. The van der Waals surface area contributed by atoms with Gasteiger partial charge in [-0.1, -0.05) is 12.1 Å². The van der Waals surface area contributed by atoms with Crippen molar-refractivity contribution >= 4 is 34.9 Å². The quantitative estimate of drug-likeness (QED) is 0.734. The van der Waals surface area contributed by atoms with E-state index >= 15 is 0 Å². The maximum Gasteiger partial charge on any atom is 0.252 e. The van der Waals surface area contributed by atoms with Crippen molar-refractivity contribution in [1.82, 2.24) is 10.2 Å². The normalized spacial score (nSPS) is 18.7. The van der Waals surface area contributed by atoms with Gasteiger partial charge in [0.15, 0.2) is 0 Å². The van der Waals surface area contributed by atoms with Crippen LogP contribution in [0.2, 0.25) is 0 Å². The first kappa shape index (κ1) is 19.5. The Hall–Kier alpha value is -1.83. The zero-order valence-corrected chi connectivity index (χ0v) is 17.3. The van der Waals surface area contributed by atoms with Gasteiger partial charge in [-0.05, 0) is 48.4 Å². The molecule has 5 nitrogen and oxygen atoms in total. The average Bonchev–Trinajstić information content (AvgIpc) is 3.41. The van der Waals surface area contributed by atoms with Crippen LogP contribution in [-0.4, -0.2) is 48.3 Å². The minimum atomic E-state index is -0.197. The van der Waals surface area contributed by atoms with Crippen molar-refractivity contribution in [3.63, 3.8) is 0 Å². The van der Waals surface area contributed by atoms with E-state index < -0.39 is 0 Å². The van der Waals surface area contributed by atoms with Crippen LogP contribution in [-0.2, 0) is 22.5 Å². The van der Waals surface area contributed by atoms with Crippen LogP contribution < -0.4 is 5.32 Å². The molecule has 2 aliphatic heterocycles. The van der Waals surface area contributed by atoms with Crippen LogP contribution in [0, 0.1) is 0 Å². The Balaban J connectivity index is 1.31. The lowest BCUT2D eigenvalue weighted by atomic mass is 10.1. The topological polar surface area (TPSA) is 58.6 Å². The number of fused-ring (bicyclic) bond motifs is 1. The number of carbonyl (C=O) groups excluding carboxylic acids is 2. The minimum Gasteiger partial charge on any atom is -0.377 e. The van der Waals surface area contributed by atoms with E-state index in [0.717, 1.165) is 43.1 Å². The van der Waals surface area contributed by atoms with Gasteiger partial charge >= 0.3 is 0 Å². The second kappa shape index (κ2) is 9.11. The van der Waals surface area contributed by atoms with Gasteiger partial charge in [-0.2, -0.15) is 0 Å². The van der Waals surface area contributed by atoms with Crippen molar-refractivity contribution < 1.29 is 14.3 Å². The lowest BCUT2D eigenvalue weighted by Crippen LogP contribution is -2.42. The molecule has 2 aromatic rings. The van der Waals surface area contributed by atoms with E-state index in [0.29, 0.717) is 12.1 Å². The van der Waals surface area contributed by atoms with Crippen LogP contribution in [0.4, 0.5) is 0 Å². The average molecular weight is 417 g/mol. The third-order valence-corrected chi connectivity index (χ3v) is 7.37. The van der Waals surface area contributed by atoms with Gasteiger partial charge in [0.05, 0.1) is 18.2 Å². The Morgan fingerprint density at radius 1 is 1.29 bits per heavy atom. The molecule has 2 amide bonds. The number of amides is 2. The number of nitrogens with one attached hydrogen (secondary N) is 1. The van der Waals surface area contributed by atoms with Crippen molar-refractivity contribution in [2.24, 2.45) is 0 Å². The second-order valence-corrected chi connectivity index (χ2v) is 9.12. The molecule has 0 spiro atoms. The maximum atomic E-state index is 12.7. The second-order valence-electron chi connectivity index (χ2n) is 7.06. The summed E-state index contributed by atoms with van der Waals surface area (Å²) in [5.41, 5.74) is 1.85. The summed E-state index contributed by atoms with van der Waals surface area (Å²) in [6.07, 6.45) is 3.36. The highest BCUT2D eigenvalue weighted by Crippen LogP contribution is 2.27. The van der Waals surface area contributed by atoms with Crippen molar-refractivity contribution in [2.45, 2.75) is 36.8 Å². The van der Waals surface area contributed by atoms with Gasteiger partial charge < -0.3 is 15.0 Å². The first-order valence-electron chi connectivity index (χ1n) is 9.65. The summed E-state index contributed by atoms with van der Waals surface area (Å²) in [7, 11) is 0. The minimum absolute atomic E-state index is 0.0308. The lowest BCUT2D eigenvalue weighted by Gasteiger charge is -2.27. The van der Waals surface area contributed by atoms with Crippen LogP contribution in [0.3, 0.4) is 0 Å². The highest BCUT2D eigenvalue weighted by atomic mass is 32.2. The third-order valence-electron chi connectivity index (χ3n) is 5.14. The van der Waals surface area contributed by atoms with Gasteiger partial charge in [0.1, 0.15) is 0 Å². The molecule has 0 aliphatic carbocycles. The number of thiophene rings is 1. The number of nitrogens with zero attached hydrogens (tertiary/aromatic N) is 1. The Bertz CT molecular complexity index is 846. The molecule has 0 bridgehead atoms. The molecule has 0 radical (unpaired) electrons. The van der Waals surface area contributed by atoms with Crippen molar-refractivity contribution in [3.8, 4) is 0 Å². The summed E-state index contributed by atoms with van der Waals surface area (Å²) in [5, 5.41) is 4.89. The van der Waals surface area contributed by atoms with Crippen LogP contribution in [0.15, 0.2) is 40.6 Å². The maximum absolute atomic E-state index is 12.7. The molecule has 148 valence electrons. The molecule has 1 fully saturated rings. The van der Waals surface area contributed by atoms with Crippen LogP contribution in [0.5, 0.6) is 0 Å². The fraction of sp³-hybridized carbons (Fsp3) is 0.429. The summed E-state index contributed by atoms with van der Waals surface area (Å²) >= 11 is 3.40. The zero-order chi connectivity index (χ0) is 19.3. The number of rotatable bonds is 6. The molecule has 4 rings (SSSR count). The molecule has 1 unspecified atom stereocenters. The van der Waals surface area contributed by atoms with E-state index in [1.165, 1.54) is 10.4 Å². The molecular formula is C21H24N2O3S2. The van der Waals surface area contributed by atoms with Crippen molar-refractivity contribution in [3.05, 3.63) is 51.7 Å². The predicted molar refractivity (Wildman–Crippen MR) is 112 cm³/mol. The molecule has 1 saturated heterocycles. The first-order chi connectivity index (χ1) is 13.7. The van der Waals surface area contributed by atoms with E-state index in [-0.39, 0.29) is 24.5 Å². The van der Waals surface area contributed by atoms with Crippen molar-refractivity contribution in [1.29, 1.82) is 0 Å². The molecule has 1 N–H and O–H groups in total. The van der Waals surface area contributed by atoms with Gasteiger partial charge in [-0.25, -0.2) is 0 Å². The monoisotopic (exact) mass is 416 g/mol. The van der Waals surface area contributed by atoms with E-state index in [1.807, 2.05) is 29.2 Å². The molecule has 3 heterocycles. The summed E-state index contributed by atoms with van der Waals surface area (Å²) in [5.74, 6) is 0.617. The van der Waals surface area contributed by atoms with Crippen molar-refractivity contribution in [2.75, 3.05) is 25.4 Å². The number of hydrogen-bond donors (Lipinski definition) is 1. The van der Waals surface area contributed by atoms with Gasteiger partial charge in [-0.3, -0.25) is 9.59 Å². The highest BCUT2D eigenvalue weighted by Gasteiger charge is 2.22. The molecule has 1 aromatic carbocycles. The van der Waals surface area contributed by atoms with Crippen LogP contribution in [0.1, 0.15) is 33.6 Å². The Kier molecular flexibility index (Phi) is 6.34. The van der Waals surface area contributed by atoms with Gasteiger partial charge in [0.2, 0.25) is 5.91 Å². The number of thioether (sulfide) groups is 1. The molecule has 28 heavy (non-hydrogen) atoms. The fourth-order valence-corrected chi connectivity index (χ4v) is 5.57. The lowest BCUT2D eigenvalue weighted by molar-refractivity contribution is -0.131. The van der Waals surface area contributed by atoms with Gasteiger partial charge in [-0.15, -0.1) is 23.1 Å². The fourth-order valence-electron chi connectivity index (χ4n) is 3.56. The molecular weight excluding hydrogens is 392 g/mol. The Labute approximate surface area is 173 Å². The van der Waals surface area contributed by atoms with Crippen LogP contribution in [0.25, 0.3) is 0 Å². The van der Waals surface area contributed by atoms with Gasteiger partial charge in [0, 0.05) is 35.2 Å². The van der Waals surface area contributed by atoms with Gasteiger partial charge in [0.25, 0.3) is 5.91 Å². The Morgan fingerprint density at radius 3 is 3.04 bits per heavy atom. The summed E-state index contributed by atoms with van der Waals surface area (Å²) < 4.78 is 5.67. The standard InChI is InChI=1S/C21H24N2O3S2/c24-20(23-9-7-18-15(13-23)8-11-27-18)12-22-21(25)17-5-1-2-6-19(17)28-14-16-4-3-10-26-16/h1-2,5-6,8,11,16H,3-4,7,9-10,12-14H2,(H,22,25). The number of hydrogen-bond acceptors (Lipinski definition) is 5. The number of carbonyl (C=O) groups is 2. The predicted octanol–water partition coefficient (Wildman–Crippen LogP) is 3.33. The van der Waals surface area contributed by atoms with E-state index in [2.05, 4.69) is 16.8 Å². The molecule has 1 aromatic heterocycles. The van der Waals surface area contributed by atoms with E-state index in [9.17, 15) is 9.59 Å². The first-order valence-corrected chi connectivity index (χ1v) is 11.5. The van der Waals surface area contributed by atoms with Crippen LogP contribution >= 0.6 is 23.1 Å². The van der Waals surface area contributed by atoms with E-state index in [4.69, 9.17) is 4.74 Å². The number of ether oxygens (including phenoxy) is 1. The molecule has 1 atom stereocenters. The molecule has 2 aliphatic rings. The molecule has 0 saturated carbocycles. The van der Waals surface area contributed by atoms with E-state index in [1.54, 1.807) is 23.1 Å². The zero-order valence-electron chi connectivity index (χ0n) is 15.7. The summed E-state index contributed by atoms with van der Waals surface area (Å²) in [4.78, 5) is 29.4. The SMILES string of the molecule is O=C(NCC(=O)N1CCc2sccc2C1)c1ccccc1SCC1CCCO1. The third kappa shape index (κ3) is 4.59.